The number of rotatable bonds is 11. The summed E-state index contributed by atoms with van der Waals surface area (Å²) in [5.74, 6) is -1.99. The van der Waals surface area contributed by atoms with E-state index < -0.39 is 17.2 Å². The lowest BCUT2D eigenvalue weighted by molar-refractivity contribution is -0.144. The fraction of sp³-hybridized carbons (Fsp3) is 0.375. The largest absolute Gasteiger partial charge is 0.511 e. The van der Waals surface area contributed by atoms with Gasteiger partial charge in [0, 0.05) is 0 Å². The normalized spacial score (nSPS) is 11.5. The Bertz CT molecular complexity index is 1440. The highest BCUT2D eigenvalue weighted by Crippen LogP contribution is 2.34. The molecular weight excluding hydrogens is 625 g/mol. The fourth-order valence-electron chi connectivity index (χ4n) is 2.70. The van der Waals surface area contributed by atoms with Crippen molar-refractivity contribution >= 4 is 76.7 Å². The molecule has 2 aromatic rings. The van der Waals surface area contributed by atoms with Crippen LogP contribution in [0.25, 0.3) is 0 Å². The van der Waals surface area contributed by atoms with Crippen LogP contribution in [0.1, 0.15) is 38.8 Å². The molecule has 224 valence electrons. The molecule has 14 nitrogen and oxygen atoms in total. The van der Waals surface area contributed by atoms with E-state index in [-0.39, 0.29) is 62.7 Å². The number of hydrogen-bond donors (Lipinski definition) is 3. The second-order valence-electron chi connectivity index (χ2n) is 7.36. The molecule has 0 saturated carbocycles. The molecule has 0 bridgehead atoms. The van der Waals surface area contributed by atoms with E-state index in [1.165, 1.54) is 37.4 Å². The third-order valence-electron chi connectivity index (χ3n) is 4.42. The van der Waals surface area contributed by atoms with E-state index in [2.05, 4.69) is 19.9 Å². The van der Waals surface area contributed by atoms with Crippen LogP contribution >= 0.6 is 47.0 Å². The number of aliphatic hydroxyl groups excluding tert-OH is 1. The number of nitrogens with two attached hydrogens (primary N) is 2. The minimum Gasteiger partial charge on any atom is -0.511 e. The molecule has 2 heterocycles. The van der Waals surface area contributed by atoms with Crippen molar-refractivity contribution in [2.75, 3.05) is 37.2 Å². The summed E-state index contributed by atoms with van der Waals surface area (Å²) in [6.45, 7) is 6.27. The molecule has 18 heteroatoms. The molecule has 1 atom stereocenters. The van der Waals surface area contributed by atoms with E-state index in [1.54, 1.807) is 26.4 Å². The highest BCUT2D eigenvalue weighted by Gasteiger charge is 2.29. The van der Waals surface area contributed by atoms with Crippen molar-refractivity contribution in [3.05, 3.63) is 21.8 Å². The van der Waals surface area contributed by atoms with Gasteiger partial charge in [0.2, 0.25) is 11.9 Å². The van der Waals surface area contributed by atoms with Crippen LogP contribution in [0.4, 0.5) is 11.9 Å². The minimum atomic E-state index is -1.08. The number of carbonyl (C=O) groups excluding carboxylic acids is 3. The first-order valence-electron chi connectivity index (χ1n) is 11.7. The SMILES string of the molecule is CCOC(=O)/C(Sc1nc(N)nc(SC)c1C#N)=C(/C)O.CCOC(=O)C(Sc1nc(N)nc(SC)c1C#N)C(C)=O. The van der Waals surface area contributed by atoms with Crippen LogP contribution in [0, 0.1) is 22.7 Å². The molecule has 0 saturated heterocycles. The molecule has 0 spiro atoms. The Labute approximate surface area is 259 Å². The second-order valence-corrected chi connectivity index (χ2v) is 11.0. The number of hydrogen-bond acceptors (Lipinski definition) is 18. The van der Waals surface area contributed by atoms with E-state index in [0.717, 1.165) is 23.5 Å². The third-order valence-corrected chi connectivity index (χ3v) is 8.22. The summed E-state index contributed by atoms with van der Waals surface area (Å²) in [5.41, 5.74) is 11.6. The molecule has 0 aliphatic carbocycles. The Morgan fingerprint density at radius 2 is 1.31 bits per heavy atom. The van der Waals surface area contributed by atoms with Crippen molar-refractivity contribution in [3.8, 4) is 12.1 Å². The number of thioether (sulfide) groups is 4. The van der Waals surface area contributed by atoms with Crippen molar-refractivity contribution in [1.82, 2.24) is 19.9 Å². The number of nitrogens with zero attached hydrogens (tertiary/aromatic N) is 6. The number of esters is 2. The molecule has 0 aliphatic heterocycles. The van der Waals surface area contributed by atoms with Gasteiger partial charge in [-0.15, -0.1) is 23.5 Å². The predicted octanol–water partition coefficient (Wildman–Crippen LogP) is 3.36. The molecule has 0 aliphatic rings. The Hall–Kier alpha value is -3.71. The van der Waals surface area contributed by atoms with Gasteiger partial charge in [0.05, 0.1) is 13.2 Å². The number of allylic oxidation sites excluding steroid dienone is 1. The maximum absolute atomic E-state index is 11.8. The van der Waals surface area contributed by atoms with E-state index in [4.69, 9.17) is 20.9 Å². The summed E-state index contributed by atoms with van der Waals surface area (Å²) in [6.07, 6.45) is 3.49. The Balaban J connectivity index is 0.000000420. The summed E-state index contributed by atoms with van der Waals surface area (Å²) >= 11 is 4.15. The highest BCUT2D eigenvalue weighted by molar-refractivity contribution is 8.04. The van der Waals surface area contributed by atoms with Gasteiger partial charge in [-0.25, -0.2) is 24.7 Å². The van der Waals surface area contributed by atoms with Crippen LogP contribution in [0.15, 0.2) is 30.8 Å². The molecule has 0 aromatic carbocycles. The van der Waals surface area contributed by atoms with Crippen molar-refractivity contribution in [1.29, 1.82) is 10.5 Å². The lowest BCUT2D eigenvalue weighted by Gasteiger charge is -2.13. The number of ketones is 1. The molecule has 2 rings (SSSR count). The van der Waals surface area contributed by atoms with E-state index >= 15 is 0 Å². The molecule has 5 N–H and O–H groups in total. The minimum absolute atomic E-state index is 0.0142. The first-order chi connectivity index (χ1) is 19.9. The fourth-order valence-corrected chi connectivity index (χ4v) is 5.72. The smallest absolute Gasteiger partial charge is 0.348 e. The average Bonchev–Trinajstić information content (AvgIpc) is 2.93. The maximum atomic E-state index is 11.8. The number of nitriles is 2. The summed E-state index contributed by atoms with van der Waals surface area (Å²) in [7, 11) is 0. The topological polar surface area (TPSA) is 241 Å². The lowest BCUT2D eigenvalue weighted by atomic mass is 10.3. The van der Waals surface area contributed by atoms with Crippen molar-refractivity contribution in [3.63, 3.8) is 0 Å². The number of aromatic nitrogens is 4. The third kappa shape index (κ3) is 10.3. The first kappa shape index (κ1) is 36.3. The number of aliphatic hydroxyl groups is 1. The molecule has 42 heavy (non-hydrogen) atoms. The van der Waals surface area contributed by atoms with Crippen LogP contribution in [0.5, 0.6) is 0 Å². The van der Waals surface area contributed by atoms with Crippen molar-refractivity contribution in [2.45, 2.75) is 53.0 Å². The van der Waals surface area contributed by atoms with E-state index in [0.29, 0.717) is 10.1 Å². The van der Waals surface area contributed by atoms with Crippen molar-refractivity contribution in [2.24, 2.45) is 0 Å². The molecule has 0 fully saturated rings. The van der Waals surface area contributed by atoms with Gasteiger partial charge >= 0.3 is 11.9 Å². The van der Waals surface area contributed by atoms with Gasteiger partial charge < -0.3 is 26.0 Å². The van der Waals surface area contributed by atoms with Gasteiger partial charge in [-0.3, -0.25) is 9.59 Å². The number of nitrogen functional groups attached to an aromatic ring is 2. The van der Waals surface area contributed by atoms with Crippen LogP contribution in [-0.2, 0) is 23.9 Å². The monoisotopic (exact) mass is 652 g/mol. The number of ether oxygens (including phenoxy) is 2. The maximum Gasteiger partial charge on any atom is 0.348 e. The Morgan fingerprint density at radius 1 is 0.857 bits per heavy atom. The van der Waals surface area contributed by atoms with Crippen LogP contribution < -0.4 is 11.5 Å². The van der Waals surface area contributed by atoms with Gasteiger partial charge in [0.15, 0.2) is 11.0 Å². The van der Waals surface area contributed by atoms with Gasteiger partial charge in [-0.2, -0.15) is 10.5 Å². The molecule has 1 unspecified atom stereocenters. The van der Waals surface area contributed by atoms with E-state index in [1.807, 2.05) is 12.1 Å². The summed E-state index contributed by atoms with van der Waals surface area (Å²) in [4.78, 5) is 51.0. The van der Waals surface area contributed by atoms with E-state index in [9.17, 15) is 30.0 Å². The average molecular weight is 653 g/mol. The summed E-state index contributed by atoms with van der Waals surface area (Å²) < 4.78 is 9.71. The zero-order valence-electron chi connectivity index (χ0n) is 23.5. The Morgan fingerprint density at radius 3 is 1.71 bits per heavy atom. The lowest BCUT2D eigenvalue weighted by Crippen LogP contribution is -2.27. The highest BCUT2D eigenvalue weighted by atomic mass is 32.2. The van der Waals surface area contributed by atoms with Gasteiger partial charge in [-0.05, 0) is 40.2 Å². The molecule has 0 radical (unpaired) electrons. The molecule has 0 amide bonds. The predicted molar refractivity (Wildman–Crippen MR) is 161 cm³/mol. The summed E-state index contributed by atoms with van der Waals surface area (Å²) in [6, 6.07) is 3.95. The van der Waals surface area contributed by atoms with Crippen molar-refractivity contribution < 1.29 is 29.0 Å². The Kier molecular flexibility index (Phi) is 15.5. The van der Waals surface area contributed by atoms with Crippen LogP contribution in [0.2, 0.25) is 0 Å². The second kappa shape index (κ2) is 18.0. The first-order valence-corrected chi connectivity index (χ1v) is 15.8. The van der Waals surface area contributed by atoms with Gasteiger partial charge in [0.1, 0.15) is 54.0 Å². The van der Waals surface area contributed by atoms with Gasteiger partial charge in [-0.1, -0.05) is 23.5 Å². The number of Topliss-reactive ketones (excluding diaryl/α,β-unsaturated/α-hetero) is 1. The summed E-state index contributed by atoms with van der Waals surface area (Å²) in [5, 5.41) is 28.2. The molecule has 2 aromatic heterocycles. The zero-order chi connectivity index (χ0) is 32.0. The standard InChI is InChI=1S/2C12H14N4O3S2/c2*1-4-19-11(18)8(6(2)17)21-10-7(5-13)9(20-3)15-12(14)16-10/h17H,4H2,1-3H3,(H2,14,15,16);8H,4H2,1-3H3,(H2,14,15,16)/b8-6+;. The van der Waals surface area contributed by atoms with Gasteiger partial charge in [0.25, 0.3) is 0 Å². The number of carbonyl (C=O) groups is 3. The number of anilines is 2. The van der Waals surface area contributed by atoms with Crippen LogP contribution in [0.3, 0.4) is 0 Å². The zero-order valence-corrected chi connectivity index (χ0v) is 26.7. The quantitative estimate of drug-likeness (QED) is 0.0786. The molecular formula is C24H28N8O6S4. The van der Waals surface area contributed by atoms with Crippen LogP contribution in [-0.4, -0.2) is 73.7 Å².